The van der Waals surface area contributed by atoms with Gasteiger partial charge in [-0.1, -0.05) is 12.1 Å². The van der Waals surface area contributed by atoms with E-state index in [1.165, 1.54) is 12.1 Å². The van der Waals surface area contributed by atoms with Gasteiger partial charge in [0.15, 0.2) is 0 Å². The average molecular weight is 286 g/mol. The summed E-state index contributed by atoms with van der Waals surface area (Å²) >= 11 is 0. The first-order valence-corrected chi connectivity index (χ1v) is 6.95. The van der Waals surface area contributed by atoms with Gasteiger partial charge in [-0.3, -0.25) is 0 Å². The fraction of sp³-hybridized carbons (Fsp3) is 0.600. The highest BCUT2D eigenvalue weighted by molar-refractivity contribution is 5.28. The molecule has 1 aromatic carbocycles. The Morgan fingerprint density at radius 2 is 2.10 bits per heavy atom. The van der Waals surface area contributed by atoms with Gasteiger partial charge in [-0.15, -0.1) is 0 Å². The molecule has 0 spiro atoms. The van der Waals surface area contributed by atoms with Gasteiger partial charge in [0.1, 0.15) is 0 Å². The Balaban J connectivity index is 2.23. The lowest BCUT2D eigenvalue weighted by molar-refractivity contribution is -0.137. The summed E-state index contributed by atoms with van der Waals surface area (Å²) in [6.07, 6.45) is -2.14. The first kappa shape index (κ1) is 15.3. The van der Waals surface area contributed by atoms with Crippen LogP contribution in [-0.4, -0.2) is 32.1 Å². The standard InChI is InChI=1S/C15H21F3N2/c1-19-14(12-6-4-8-20(2)10-12)11-5-3-7-13(9-11)15(16,17)18/h3,5,7,9,12,14,19H,4,6,8,10H2,1-2H3. The zero-order chi connectivity index (χ0) is 14.8. The number of nitrogens with one attached hydrogen (secondary N) is 1. The highest BCUT2D eigenvalue weighted by Gasteiger charge is 2.32. The normalized spacial score (nSPS) is 22.8. The van der Waals surface area contributed by atoms with Crippen molar-refractivity contribution in [1.29, 1.82) is 0 Å². The average Bonchev–Trinajstić information content (AvgIpc) is 2.39. The van der Waals surface area contributed by atoms with Gasteiger partial charge in [-0.05, 0) is 57.1 Å². The molecule has 20 heavy (non-hydrogen) atoms. The van der Waals surface area contributed by atoms with Gasteiger partial charge in [0.05, 0.1) is 5.56 Å². The molecule has 0 aromatic heterocycles. The highest BCUT2D eigenvalue weighted by Crippen LogP contribution is 2.34. The van der Waals surface area contributed by atoms with Crippen LogP contribution in [0.2, 0.25) is 0 Å². The second kappa shape index (κ2) is 6.14. The SMILES string of the molecule is CNC(c1cccc(C(F)(F)F)c1)C1CCCN(C)C1. The Morgan fingerprint density at radius 1 is 1.35 bits per heavy atom. The summed E-state index contributed by atoms with van der Waals surface area (Å²) in [4.78, 5) is 2.24. The van der Waals surface area contributed by atoms with Crippen LogP contribution in [0.4, 0.5) is 13.2 Å². The topological polar surface area (TPSA) is 15.3 Å². The third-order valence-electron chi connectivity index (χ3n) is 4.02. The van der Waals surface area contributed by atoms with Crippen molar-refractivity contribution in [2.75, 3.05) is 27.2 Å². The van der Waals surface area contributed by atoms with E-state index in [4.69, 9.17) is 0 Å². The molecule has 1 saturated heterocycles. The van der Waals surface area contributed by atoms with E-state index in [2.05, 4.69) is 17.3 Å². The predicted molar refractivity (Wildman–Crippen MR) is 73.5 cm³/mol. The molecule has 1 heterocycles. The van der Waals surface area contributed by atoms with Crippen LogP contribution in [0.15, 0.2) is 24.3 Å². The second-order valence-corrected chi connectivity index (χ2v) is 5.55. The molecular formula is C15H21F3N2. The lowest BCUT2D eigenvalue weighted by atomic mass is 9.86. The summed E-state index contributed by atoms with van der Waals surface area (Å²) in [6, 6.07) is 5.65. The van der Waals surface area contributed by atoms with Gasteiger partial charge < -0.3 is 10.2 Å². The maximum absolute atomic E-state index is 12.8. The zero-order valence-corrected chi connectivity index (χ0v) is 11.9. The Kier molecular flexibility index (Phi) is 4.70. The van der Waals surface area contributed by atoms with Gasteiger partial charge in [0, 0.05) is 12.6 Å². The molecule has 1 fully saturated rings. The van der Waals surface area contributed by atoms with Crippen LogP contribution >= 0.6 is 0 Å². The van der Waals surface area contributed by atoms with Gasteiger partial charge in [0.25, 0.3) is 0 Å². The second-order valence-electron chi connectivity index (χ2n) is 5.55. The Labute approximate surface area is 118 Å². The van der Waals surface area contributed by atoms with E-state index in [9.17, 15) is 13.2 Å². The molecule has 0 bridgehead atoms. The fourth-order valence-corrected chi connectivity index (χ4v) is 3.06. The molecule has 2 nitrogen and oxygen atoms in total. The smallest absolute Gasteiger partial charge is 0.313 e. The predicted octanol–water partition coefficient (Wildman–Crippen LogP) is 3.31. The van der Waals surface area contributed by atoms with E-state index >= 15 is 0 Å². The minimum Gasteiger partial charge on any atom is -0.313 e. The highest BCUT2D eigenvalue weighted by atomic mass is 19.4. The van der Waals surface area contributed by atoms with Crippen LogP contribution in [0.1, 0.15) is 30.0 Å². The van der Waals surface area contributed by atoms with Crippen LogP contribution < -0.4 is 5.32 Å². The molecule has 5 heteroatoms. The van der Waals surface area contributed by atoms with Crippen molar-refractivity contribution < 1.29 is 13.2 Å². The molecule has 0 aliphatic carbocycles. The minimum absolute atomic E-state index is 0.0277. The van der Waals surface area contributed by atoms with E-state index in [0.29, 0.717) is 5.92 Å². The van der Waals surface area contributed by atoms with Gasteiger partial charge in [-0.25, -0.2) is 0 Å². The van der Waals surface area contributed by atoms with Gasteiger partial charge >= 0.3 is 6.18 Å². The molecule has 1 aromatic rings. The van der Waals surface area contributed by atoms with Crippen LogP contribution in [0.3, 0.4) is 0 Å². The Bertz CT molecular complexity index is 445. The van der Waals surface area contributed by atoms with E-state index in [-0.39, 0.29) is 6.04 Å². The number of likely N-dealkylation sites (tertiary alicyclic amines) is 1. The van der Waals surface area contributed by atoms with Crippen molar-refractivity contribution in [1.82, 2.24) is 10.2 Å². The molecular weight excluding hydrogens is 265 g/mol. The molecule has 2 rings (SSSR count). The summed E-state index contributed by atoms with van der Waals surface area (Å²) in [5, 5.41) is 3.19. The largest absolute Gasteiger partial charge is 0.416 e. The molecule has 2 atom stereocenters. The number of halogens is 3. The van der Waals surface area contributed by atoms with Crippen molar-refractivity contribution in [2.45, 2.75) is 25.1 Å². The fourth-order valence-electron chi connectivity index (χ4n) is 3.06. The first-order valence-electron chi connectivity index (χ1n) is 6.95. The molecule has 0 radical (unpaired) electrons. The zero-order valence-electron chi connectivity index (χ0n) is 11.9. The molecule has 1 N–H and O–H groups in total. The third kappa shape index (κ3) is 3.52. The number of hydrogen-bond acceptors (Lipinski definition) is 2. The maximum atomic E-state index is 12.8. The molecule has 1 aliphatic heterocycles. The Morgan fingerprint density at radius 3 is 2.70 bits per heavy atom. The van der Waals surface area contributed by atoms with Crippen molar-refractivity contribution in [3.8, 4) is 0 Å². The summed E-state index contributed by atoms with van der Waals surface area (Å²) in [5.41, 5.74) is 0.155. The molecule has 0 amide bonds. The quantitative estimate of drug-likeness (QED) is 0.917. The van der Waals surface area contributed by atoms with Crippen LogP contribution in [-0.2, 0) is 6.18 Å². The first-order chi connectivity index (χ1) is 9.41. The Hall–Kier alpha value is -1.07. The number of nitrogens with zero attached hydrogens (tertiary/aromatic N) is 1. The number of rotatable bonds is 3. The molecule has 112 valence electrons. The van der Waals surface area contributed by atoms with Crippen LogP contribution in [0.25, 0.3) is 0 Å². The molecule has 1 aliphatic rings. The van der Waals surface area contributed by atoms with E-state index in [0.717, 1.165) is 37.6 Å². The monoisotopic (exact) mass is 286 g/mol. The maximum Gasteiger partial charge on any atom is 0.416 e. The number of piperidine rings is 1. The summed E-state index contributed by atoms with van der Waals surface area (Å²) in [6.45, 7) is 1.98. The van der Waals surface area contributed by atoms with E-state index in [1.54, 1.807) is 6.07 Å². The molecule has 2 unspecified atom stereocenters. The number of alkyl halides is 3. The van der Waals surface area contributed by atoms with Crippen molar-refractivity contribution in [3.63, 3.8) is 0 Å². The summed E-state index contributed by atoms with van der Waals surface area (Å²) in [5.74, 6) is 0.349. The lowest BCUT2D eigenvalue weighted by Gasteiger charge is -2.35. The van der Waals surface area contributed by atoms with E-state index < -0.39 is 11.7 Å². The molecule has 0 saturated carbocycles. The van der Waals surface area contributed by atoms with Gasteiger partial charge in [-0.2, -0.15) is 13.2 Å². The number of benzene rings is 1. The summed E-state index contributed by atoms with van der Waals surface area (Å²) < 4.78 is 38.4. The van der Waals surface area contributed by atoms with Crippen molar-refractivity contribution in [2.24, 2.45) is 5.92 Å². The van der Waals surface area contributed by atoms with Crippen LogP contribution in [0.5, 0.6) is 0 Å². The number of hydrogen-bond donors (Lipinski definition) is 1. The van der Waals surface area contributed by atoms with Gasteiger partial charge in [0.2, 0.25) is 0 Å². The van der Waals surface area contributed by atoms with E-state index in [1.807, 2.05) is 7.05 Å². The van der Waals surface area contributed by atoms with Crippen molar-refractivity contribution in [3.05, 3.63) is 35.4 Å². The third-order valence-corrected chi connectivity index (χ3v) is 4.02. The lowest BCUT2D eigenvalue weighted by Crippen LogP contribution is -2.38. The minimum atomic E-state index is -4.28. The van der Waals surface area contributed by atoms with Crippen LogP contribution in [0, 0.1) is 5.92 Å². The summed E-state index contributed by atoms with van der Waals surface area (Å²) in [7, 11) is 3.88. The van der Waals surface area contributed by atoms with Crippen molar-refractivity contribution >= 4 is 0 Å².